The van der Waals surface area contributed by atoms with Crippen molar-refractivity contribution in [1.29, 1.82) is 0 Å². The fourth-order valence-electron chi connectivity index (χ4n) is 1.44. The Morgan fingerprint density at radius 2 is 2.07 bits per heavy atom. The minimum absolute atomic E-state index is 0.896. The lowest BCUT2D eigenvalue weighted by atomic mass is 10.1. The molecular formula is C12H11N3. The third kappa shape index (κ3) is 1.76. The molecule has 0 atom stereocenters. The first-order valence-corrected chi connectivity index (χ1v) is 4.68. The van der Waals surface area contributed by atoms with Gasteiger partial charge < -0.3 is 0 Å². The molecule has 2 aromatic rings. The summed E-state index contributed by atoms with van der Waals surface area (Å²) in [6.07, 6.45) is 6.70. The van der Waals surface area contributed by atoms with Crippen molar-refractivity contribution in [1.82, 2.24) is 9.97 Å². The fraction of sp³-hybridized carbons (Fsp3) is 0.0833. The summed E-state index contributed by atoms with van der Waals surface area (Å²) in [4.78, 5) is 12.8. The quantitative estimate of drug-likeness (QED) is 0.694. The third-order valence-corrected chi connectivity index (χ3v) is 2.18. The molecule has 0 unspecified atom stereocenters. The second-order valence-corrected chi connectivity index (χ2v) is 3.15. The van der Waals surface area contributed by atoms with Crippen LogP contribution in [0.3, 0.4) is 0 Å². The van der Waals surface area contributed by atoms with Crippen LogP contribution in [0, 0.1) is 6.92 Å². The second kappa shape index (κ2) is 4.00. The number of allylic oxidation sites excluding steroid dienone is 1. The molecule has 0 aliphatic rings. The number of fused-ring (bicyclic) bond motifs is 1. The Morgan fingerprint density at radius 1 is 1.27 bits per heavy atom. The zero-order valence-corrected chi connectivity index (χ0v) is 8.51. The van der Waals surface area contributed by atoms with Crippen molar-refractivity contribution in [3.8, 4) is 0 Å². The minimum Gasteiger partial charge on any atom is -0.257 e. The average molecular weight is 197 g/mol. The molecule has 0 radical (unpaired) electrons. The summed E-state index contributed by atoms with van der Waals surface area (Å²) >= 11 is 0. The maximum Gasteiger partial charge on any atom is 0.0937 e. The molecule has 74 valence electrons. The van der Waals surface area contributed by atoms with E-state index in [2.05, 4.69) is 21.5 Å². The van der Waals surface area contributed by atoms with Crippen molar-refractivity contribution in [2.75, 3.05) is 0 Å². The lowest BCUT2D eigenvalue weighted by Crippen LogP contribution is -1.86. The van der Waals surface area contributed by atoms with Crippen LogP contribution in [-0.4, -0.2) is 16.2 Å². The molecule has 1 aromatic heterocycles. The van der Waals surface area contributed by atoms with Crippen molar-refractivity contribution in [3.05, 3.63) is 42.7 Å². The Hall–Kier alpha value is -2.03. The van der Waals surface area contributed by atoms with E-state index in [-0.39, 0.29) is 0 Å². The summed E-state index contributed by atoms with van der Waals surface area (Å²) in [5.74, 6) is 0. The number of benzene rings is 1. The summed E-state index contributed by atoms with van der Waals surface area (Å²) in [6, 6.07) is 3.86. The standard InChI is InChI=1S/C12H11N3/c1-3-6-13-10-4-5-11-12(9(10)2)15-8-7-14-11/h3-8H,1H2,2H3. The van der Waals surface area contributed by atoms with Gasteiger partial charge in [0.2, 0.25) is 0 Å². The van der Waals surface area contributed by atoms with Gasteiger partial charge in [-0.3, -0.25) is 15.0 Å². The number of aryl methyl sites for hydroxylation is 1. The third-order valence-electron chi connectivity index (χ3n) is 2.18. The van der Waals surface area contributed by atoms with Crippen LogP contribution < -0.4 is 0 Å². The van der Waals surface area contributed by atoms with E-state index in [4.69, 9.17) is 0 Å². The van der Waals surface area contributed by atoms with E-state index in [1.54, 1.807) is 24.7 Å². The van der Waals surface area contributed by atoms with Crippen LogP contribution in [0.15, 0.2) is 42.2 Å². The van der Waals surface area contributed by atoms with Gasteiger partial charge in [-0.1, -0.05) is 12.7 Å². The highest BCUT2D eigenvalue weighted by Crippen LogP contribution is 2.24. The highest BCUT2D eigenvalue weighted by molar-refractivity contribution is 5.84. The van der Waals surface area contributed by atoms with Crippen LogP contribution in [0.5, 0.6) is 0 Å². The molecule has 3 nitrogen and oxygen atoms in total. The van der Waals surface area contributed by atoms with Gasteiger partial charge in [0.25, 0.3) is 0 Å². The van der Waals surface area contributed by atoms with Gasteiger partial charge in [0, 0.05) is 24.2 Å². The van der Waals surface area contributed by atoms with Crippen LogP contribution in [0.25, 0.3) is 11.0 Å². The minimum atomic E-state index is 0.896. The molecule has 0 saturated heterocycles. The molecule has 0 saturated carbocycles. The smallest absolute Gasteiger partial charge is 0.0937 e. The van der Waals surface area contributed by atoms with Gasteiger partial charge in [0.1, 0.15) is 0 Å². The van der Waals surface area contributed by atoms with Crippen molar-refractivity contribution >= 4 is 22.9 Å². The highest BCUT2D eigenvalue weighted by Gasteiger charge is 2.02. The Morgan fingerprint density at radius 3 is 2.87 bits per heavy atom. The molecule has 3 heteroatoms. The van der Waals surface area contributed by atoms with E-state index < -0.39 is 0 Å². The molecule has 2 rings (SSSR count). The number of hydrogen-bond donors (Lipinski definition) is 0. The van der Waals surface area contributed by atoms with E-state index in [0.29, 0.717) is 0 Å². The SMILES string of the molecule is C=CC=Nc1ccc2nccnc2c1C. The van der Waals surface area contributed by atoms with Crippen LogP contribution in [-0.2, 0) is 0 Å². The van der Waals surface area contributed by atoms with E-state index in [0.717, 1.165) is 22.3 Å². The number of aliphatic imine (C=N–C) groups is 1. The average Bonchev–Trinajstić information content (AvgIpc) is 2.29. The maximum absolute atomic E-state index is 4.29. The summed E-state index contributed by atoms with van der Waals surface area (Å²) in [5, 5.41) is 0. The van der Waals surface area contributed by atoms with E-state index >= 15 is 0 Å². The molecule has 1 heterocycles. The predicted molar refractivity (Wildman–Crippen MR) is 62.6 cm³/mol. The Labute approximate surface area is 88.2 Å². The van der Waals surface area contributed by atoms with Crippen molar-refractivity contribution in [3.63, 3.8) is 0 Å². The van der Waals surface area contributed by atoms with Crippen molar-refractivity contribution in [2.45, 2.75) is 6.92 Å². The Balaban J connectivity index is 2.64. The normalized spacial score (nSPS) is 11.0. The summed E-state index contributed by atoms with van der Waals surface area (Å²) < 4.78 is 0. The van der Waals surface area contributed by atoms with Gasteiger partial charge in [-0.25, -0.2) is 0 Å². The summed E-state index contributed by atoms with van der Waals surface area (Å²) in [6.45, 7) is 5.58. The Kier molecular flexibility index (Phi) is 2.54. The summed E-state index contributed by atoms with van der Waals surface area (Å²) in [5.41, 5.74) is 3.74. The summed E-state index contributed by atoms with van der Waals surface area (Å²) in [7, 11) is 0. The first-order chi connectivity index (χ1) is 7.33. The molecule has 0 spiro atoms. The number of hydrogen-bond acceptors (Lipinski definition) is 3. The van der Waals surface area contributed by atoms with Crippen LogP contribution in [0.4, 0.5) is 5.69 Å². The zero-order chi connectivity index (χ0) is 10.7. The van der Waals surface area contributed by atoms with Gasteiger partial charge >= 0.3 is 0 Å². The van der Waals surface area contributed by atoms with Gasteiger partial charge in [0.05, 0.1) is 16.7 Å². The number of rotatable bonds is 2. The number of nitrogens with zero attached hydrogens (tertiary/aromatic N) is 3. The molecule has 15 heavy (non-hydrogen) atoms. The molecule has 0 amide bonds. The molecule has 0 bridgehead atoms. The second-order valence-electron chi connectivity index (χ2n) is 3.15. The van der Waals surface area contributed by atoms with Crippen LogP contribution in [0.2, 0.25) is 0 Å². The van der Waals surface area contributed by atoms with Crippen molar-refractivity contribution < 1.29 is 0 Å². The van der Waals surface area contributed by atoms with Crippen molar-refractivity contribution in [2.24, 2.45) is 4.99 Å². The molecule has 0 N–H and O–H groups in total. The molecule has 1 aromatic carbocycles. The van der Waals surface area contributed by atoms with Crippen LogP contribution >= 0.6 is 0 Å². The van der Waals surface area contributed by atoms with Gasteiger partial charge in [-0.15, -0.1) is 0 Å². The largest absolute Gasteiger partial charge is 0.257 e. The highest BCUT2D eigenvalue weighted by atomic mass is 14.8. The molecule has 0 aliphatic heterocycles. The zero-order valence-electron chi connectivity index (χ0n) is 8.51. The van der Waals surface area contributed by atoms with Gasteiger partial charge in [-0.2, -0.15) is 0 Å². The van der Waals surface area contributed by atoms with E-state index in [1.165, 1.54) is 0 Å². The Bertz CT molecular complexity index is 529. The lowest BCUT2D eigenvalue weighted by Gasteiger charge is -2.02. The predicted octanol–water partition coefficient (Wildman–Crippen LogP) is 2.83. The molecule has 0 aliphatic carbocycles. The number of aromatic nitrogens is 2. The first-order valence-electron chi connectivity index (χ1n) is 4.68. The topological polar surface area (TPSA) is 38.1 Å². The van der Waals surface area contributed by atoms with Gasteiger partial charge in [-0.05, 0) is 19.1 Å². The molecular weight excluding hydrogens is 186 g/mol. The first kappa shape index (κ1) is 9.52. The van der Waals surface area contributed by atoms with Gasteiger partial charge in [0.15, 0.2) is 0 Å². The monoisotopic (exact) mass is 197 g/mol. The molecule has 0 fully saturated rings. The van der Waals surface area contributed by atoms with E-state index in [1.807, 2.05) is 19.1 Å². The van der Waals surface area contributed by atoms with E-state index in [9.17, 15) is 0 Å². The fourth-order valence-corrected chi connectivity index (χ4v) is 1.44. The lowest BCUT2D eigenvalue weighted by molar-refractivity contribution is 1.27. The maximum atomic E-state index is 4.29. The van der Waals surface area contributed by atoms with Crippen LogP contribution in [0.1, 0.15) is 5.56 Å².